The molecule has 19 heavy (non-hydrogen) atoms. The average Bonchev–Trinajstić information content (AvgIpc) is 3.18. The summed E-state index contributed by atoms with van der Waals surface area (Å²) >= 11 is 0. The van der Waals surface area contributed by atoms with Crippen LogP contribution in [-0.2, 0) is 9.47 Å². The van der Waals surface area contributed by atoms with E-state index >= 15 is 0 Å². The molecule has 2 rings (SSSR count). The number of rotatable bonds is 7. The molecule has 104 valence electrons. The van der Waals surface area contributed by atoms with Gasteiger partial charge in [0.15, 0.2) is 6.79 Å². The van der Waals surface area contributed by atoms with Gasteiger partial charge in [-0.25, -0.2) is 4.79 Å². The zero-order chi connectivity index (χ0) is 13.7. The van der Waals surface area contributed by atoms with Gasteiger partial charge in [-0.05, 0) is 37.8 Å². The number of hydrogen-bond donors (Lipinski definition) is 1. The second kappa shape index (κ2) is 6.43. The third-order valence-corrected chi connectivity index (χ3v) is 2.80. The van der Waals surface area contributed by atoms with E-state index < -0.39 is 5.97 Å². The lowest BCUT2D eigenvalue weighted by Gasteiger charge is -2.08. The molecule has 0 unspecified atom stereocenters. The molecule has 0 bridgehead atoms. The van der Waals surface area contributed by atoms with Crippen molar-refractivity contribution in [2.24, 2.45) is 5.92 Å². The number of esters is 1. The van der Waals surface area contributed by atoms with Gasteiger partial charge in [-0.2, -0.15) is 0 Å². The van der Waals surface area contributed by atoms with Gasteiger partial charge >= 0.3 is 5.97 Å². The Morgan fingerprint density at radius 1 is 1.37 bits per heavy atom. The number of carbonyl (C=O) groups excluding carboxylic acids is 1. The van der Waals surface area contributed by atoms with Gasteiger partial charge in [0.2, 0.25) is 0 Å². The van der Waals surface area contributed by atoms with E-state index in [-0.39, 0.29) is 6.79 Å². The van der Waals surface area contributed by atoms with Crippen LogP contribution < -0.4 is 10.5 Å². The van der Waals surface area contributed by atoms with Crippen LogP contribution in [0.5, 0.6) is 5.75 Å². The van der Waals surface area contributed by atoms with Crippen LogP contribution in [0, 0.1) is 5.92 Å². The van der Waals surface area contributed by atoms with Crippen molar-refractivity contribution in [3.63, 3.8) is 0 Å². The number of benzene rings is 1. The summed E-state index contributed by atoms with van der Waals surface area (Å²) in [5, 5.41) is 0. The quantitative estimate of drug-likeness (QED) is 0.354. The fraction of sp³-hybridized carbons (Fsp3) is 0.500. The number of hydrogen-bond acceptors (Lipinski definition) is 5. The molecule has 1 aliphatic rings. The minimum absolute atomic E-state index is 0.0197. The summed E-state index contributed by atoms with van der Waals surface area (Å²) in [6.45, 7) is 3.03. The summed E-state index contributed by atoms with van der Waals surface area (Å²) in [4.78, 5) is 11.8. The highest BCUT2D eigenvalue weighted by Crippen LogP contribution is 2.28. The Morgan fingerprint density at radius 2 is 2.16 bits per heavy atom. The number of carbonyl (C=O) groups is 1. The molecule has 5 heteroatoms. The highest BCUT2D eigenvalue weighted by atomic mass is 16.7. The van der Waals surface area contributed by atoms with E-state index in [0.717, 1.165) is 0 Å². The molecule has 0 atom stereocenters. The van der Waals surface area contributed by atoms with Gasteiger partial charge in [-0.1, -0.05) is 0 Å². The SMILES string of the molecule is CCOc1cc(N)cc(C(=O)OCOCC2CC2)c1. The zero-order valence-electron chi connectivity index (χ0n) is 11.1. The van der Waals surface area contributed by atoms with E-state index in [1.807, 2.05) is 6.92 Å². The third-order valence-electron chi connectivity index (χ3n) is 2.80. The summed E-state index contributed by atoms with van der Waals surface area (Å²) in [6, 6.07) is 4.85. The van der Waals surface area contributed by atoms with Crippen molar-refractivity contribution in [1.82, 2.24) is 0 Å². The van der Waals surface area contributed by atoms with Crippen molar-refractivity contribution < 1.29 is 19.0 Å². The van der Waals surface area contributed by atoms with E-state index in [2.05, 4.69) is 0 Å². The van der Waals surface area contributed by atoms with Crippen LogP contribution in [-0.4, -0.2) is 26.0 Å². The first-order valence-electron chi connectivity index (χ1n) is 6.47. The maximum atomic E-state index is 11.8. The van der Waals surface area contributed by atoms with E-state index in [0.29, 0.717) is 36.1 Å². The maximum absolute atomic E-state index is 11.8. The lowest BCUT2D eigenvalue weighted by atomic mass is 10.2. The van der Waals surface area contributed by atoms with E-state index in [1.54, 1.807) is 18.2 Å². The first-order valence-corrected chi connectivity index (χ1v) is 6.47. The molecule has 0 saturated heterocycles. The molecule has 1 aromatic rings. The van der Waals surface area contributed by atoms with Crippen molar-refractivity contribution >= 4 is 11.7 Å². The Kier molecular flexibility index (Phi) is 4.63. The average molecular weight is 265 g/mol. The molecule has 0 spiro atoms. The Hall–Kier alpha value is -1.75. The van der Waals surface area contributed by atoms with Crippen molar-refractivity contribution in [1.29, 1.82) is 0 Å². The maximum Gasteiger partial charge on any atom is 0.340 e. The van der Waals surface area contributed by atoms with Crippen LogP contribution in [0.2, 0.25) is 0 Å². The Labute approximate surface area is 112 Å². The highest BCUT2D eigenvalue weighted by Gasteiger charge is 2.21. The Bertz CT molecular complexity index is 443. The first kappa shape index (κ1) is 13.7. The largest absolute Gasteiger partial charge is 0.494 e. The minimum atomic E-state index is -0.455. The van der Waals surface area contributed by atoms with Crippen molar-refractivity contribution in [2.45, 2.75) is 19.8 Å². The van der Waals surface area contributed by atoms with Gasteiger partial charge in [-0.15, -0.1) is 0 Å². The van der Waals surface area contributed by atoms with Crippen LogP contribution in [0.15, 0.2) is 18.2 Å². The number of ether oxygens (including phenoxy) is 3. The standard InChI is InChI=1S/C14H19NO4/c1-2-18-13-6-11(5-12(15)7-13)14(16)19-9-17-8-10-3-4-10/h5-7,10H,2-4,8-9,15H2,1H3. The zero-order valence-corrected chi connectivity index (χ0v) is 11.1. The predicted molar refractivity (Wildman–Crippen MR) is 71.0 cm³/mol. The summed E-state index contributed by atoms with van der Waals surface area (Å²) in [6.07, 6.45) is 2.42. The normalized spacial score (nSPS) is 14.2. The van der Waals surface area contributed by atoms with Gasteiger partial charge in [0.1, 0.15) is 5.75 Å². The van der Waals surface area contributed by atoms with Gasteiger partial charge < -0.3 is 19.9 Å². The smallest absolute Gasteiger partial charge is 0.340 e. The molecule has 5 nitrogen and oxygen atoms in total. The van der Waals surface area contributed by atoms with Crippen molar-refractivity contribution in [2.75, 3.05) is 25.7 Å². The number of nitrogen functional groups attached to an aromatic ring is 1. The monoisotopic (exact) mass is 265 g/mol. The third kappa shape index (κ3) is 4.44. The molecule has 0 aromatic heterocycles. The molecule has 0 amide bonds. The topological polar surface area (TPSA) is 70.8 Å². The predicted octanol–water partition coefficient (Wildman–Crippen LogP) is 2.21. The molecule has 2 N–H and O–H groups in total. The Balaban J connectivity index is 1.85. The van der Waals surface area contributed by atoms with Crippen LogP contribution in [0.4, 0.5) is 5.69 Å². The lowest BCUT2D eigenvalue weighted by Crippen LogP contribution is -2.10. The molecule has 1 fully saturated rings. The molecule has 1 aromatic carbocycles. The molecule has 0 radical (unpaired) electrons. The molecular formula is C14H19NO4. The second-order valence-corrected chi connectivity index (χ2v) is 4.59. The fourth-order valence-corrected chi connectivity index (χ4v) is 1.67. The molecule has 0 aliphatic heterocycles. The summed E-state index contributed by atoms with van der Waals surface area (Å²) < 4.78 is 15.6. The summed E-state index contributed by atoms with van der Waals surface area (Å²) in [5.74, 6) is 0.757. The molecule has 0 heterocycles. The van der Waals surface area contributed by atoms with Gasteiger partial charge in [0.05, 0.1) is 18.8 Å². The molecule has 1 saturated carbocycles. The van der Waals surface area contributed by atoms with E-state index in [4.69, 9.17) is 19.9 Å². The first-order chi connectivity index (χ1) is 9.19. The number of nitrogens with two attached hydrogens (primary N) is 1. The van der Waals surface area contributed by atoms with Crippen LogP contribution >= 0.6 is 0 Å². The van der Waals surface area contributed by atoms with Crippen LogP contribution in [0.25, 0.3) is 0 Å². The summed E-state index contributed by atoms with van der Waals surface area (Å²) in [5.41, 5.74) is 6.55. The lowest BCUT2D eigenvalue weighted by molar-refractivity contribution is -0.0344. The van der Waals surface area contributed by atoms with Crippen molar-refractivity contribution in [3.8, 4) is 5.75 Å². The van der Waals surface area contributed by atoms with Gasteiger partial charge in [0.25, 0.3) is 0 Å². The molecule has 1 aliphatic carbocycles. The Morgan fingerprint density at radius 3 is 2.84 bits per heavy atom. The van der Waals surface area contributed by atoms with Crippen LogP contribution in [0.3, 0.4) is 0 Å². The fourth-order valence-electron chi connectivity index (χ4n) is 1.67. The van der Waals surface area contributed by atoms with Gasteiger partial charge in [-0.3, -0.25) is 0 Å². The second-order valence-electron chi connectivity index (χ2n) is 4.59. The minimum Gasteiger partial charge on any atom is -0.494 e. The van der Waals surface area contributed by atoms with Crippen molar-refractivity contribution in [3.05, 3.63) is 23.8 Å². The summed E-state index contributed by atoms with van der Waals surface area (Å²) in [7, 11) is 0. The highest BCUT2D eigenvalue weighted by molar-refractivity contribution is 5.91. The van der Waals surface area contributed by atoms with Crippen LogP contribution in [0.1, 0.15) is 30.1 Å². The van der Waals surface area contributed by atoms with E-state index in [9.17, 15) is 4.79 Å². The number of anilines is 1. The van der Waals surface area contributed by atoms with E-state index in [1.165, 1.54) is 12.8 Å². The van der Waals surface area contributed by atoms with Gasteiger partial charge in [0, 0.05) is 11.8 Å². The molecular weight excluding hydrogens is 246 g/mol.